The van der Waals surface area contributed by atoms with Crippen molar-refractivity contribution in [2.75, 3.05) is 25.5 Å². The molecule has 0 radical (unpaired) electrons. The first-order chi connectivity index (χ1) is 11.1. The van der Waals surface area contributed by atoms with Crippen LogP contribution >= 0.6 is 36.2 Å². The van der Waals surface area contributed by atoms with Crippen LogP contribution in [-0.2, 0) is 11.2 Å². The van der Waals surface area contributed by atoms with E-state index in [0.29, 0.717) is 28.7 Å². The second-order valence-electron chi connectivity index (χ2n) is 4.97. The minimum atomic E-state index is -0.270. The van der Waals surface area contributed by atoms with Crippen molar-refractivity contribution in [3.63, 3.8) is 0 Å². The number of hydrogen-bond donors (Lipinski definition) is 3. The predicted octanol–water partition coefficient (Wildman–Crippen LogP) is 2.41. The number of aryl methyl sites for hydroxylation is 1. The average molecular weight is 409 g/mol. The highest BCUT2D eigenvalue weighted by Crippen LogP contribution is 2.18. The van der Waals surface area contributed by atoms with Crippen LogP contribution in [0.4, 0.5) is 5.13 Å². The standard InChI is InChI=1S/C15H20N4O3S.2ClH/c1-10-12(4-7-22-10)14(21)19-15-18-11(9-23-15)8-13(20)17-6-3-5-16-2;;/h4,7,9,16H,3,5-6,8H2,1-2H3,(H,17,20)(H,18,19,21);2*1H. The Kier molecular flexibility index (Phi) is 11.1. The molecule has 2 aromatic rings. The van der Waals surface area contributed by atoms with E-state index in [-0.39, 0.29) is 43.0 Å². The molecular weight excluding hydrogens is 387 g/mol. The largest absolute Gasteiger partial charge is 0.469 e. The van der Waals surface area contributed by atoms with Gasteiger partial charge in [0.2, 0.25) is 5.91 Å². The number of nitrogens with one attached hydrogen (secondary N) is 3. The molecule has 0 saturated carbocycles. The molecule has 2 aromatic heterocycles. The van der Waals surface area contributed by atoms with Gasteiger partial charge in [-0.1, -0.05) is 0 Å². The maximum Gasteiger partial charge on any atom is 0.260 e. The van der Waals surface area contributed by atoms with Gasteiger partial charge < -0.3 is 15.1 Å². The van der Waals surface area contributed by atoms with Crippen LogP contribution in [0.1, 0.15) is 28.2 Å². The topological polar surface area (TPSA) is 96.3 Å². The number of thiazole rings is 1. The number of furan rings is 1. The third kappa shape index (κ3) is 7.43. The lowest BCUT2D eigenvalue weighted by Gasteiger charge is -2.03. The summed E-state index contributed by atoms with van der Waals surface area (Å²) >= 11 is 1.29. The van der Waals surface area contributed by atoms with Crippen LogP contribution in [-0.4, -0.2) is 36.9 Å². The van der Waals surface area contributed by atoms with Crippen molar-refractivity contribution in [3.05, 3.63) is 34.7 Å². The summed E-state index contributed by atoms with van der Waals surface area (Å²) in [6.07, 6.45) is 2.55. The number of carbonyl (C=O) groups excluding carboxylic acids is 2. The monoisotopic (exact) mass is 408 g/mol. The number of hydrogen-bond acceptors (Lipinski definition) is 6. The molecule has 140 valence electrons. The average Bonchev–Trinajstić information content (AvgIpc) is 3.12. The molecule has 7 nitrogen and oxygen atoms in total. The summed E-state index contributed by atoms with van der Waals surface area (Å²) in [6.45, 7) is 3.22. The number of aromatic nitrogens is 1. The van der Waals surface area contributed by atoms with Crippen molar-refractivity contribution < 1.29 is 14.0 Å². The molecule has 0 saturated heterocycles. The summed E-state index contributed by atoms with van der Waals surface area (Å²) in [6, 6.07) is 1.61. The van der Waals surface area contributed by atoms with E-state index >= 15 is 0 Å². The summed E-state index contributed by atoms with van der Waals surface area (Å²) in [5, 5.41) is 10.8. The minimum absolute atomic E-state index is 0. The predicted molar refractivity (Wildman–Crippen MR) is 103 cm³/mol. The van der Waals surface area contributed by atoms with Gasteiger partial charge in [-0.3, -0.25) is 14.9 Å². The molecule has 2 rings (SSSR count). The highest BCUT2D eigenvalue weighted by atomic mass is 35.5. The molecule has 2 amide bonds. The Balaban J connectivity index is 0.00000288. The zero-order valence-electron chi connectivity index (χ0n) is 14.0. The highest BCUT2D eigenvalue weighted by molar-refractivity contribution is 7.14. The van der Waals surface area contributed by atoms with Crippen molar-refractivity contribution in [2.24, 2.45) is 0 Å². The van der Waals surface area contributed by atoms with Crippen LogP contribution < -0.4 is 16.0 Å². The van der Waals surface area contributed by atoms with Crippen LogP contribution in [0.15, 0.2) is 22.1 Å². The molecular formula is C15H22Cl2N4O3S. The van der Waals surface area contributed by atoms with Gasteiger partial charge in [0, 0.05) is 11.9 Å². The molecule has 0 bridgehead atoms. The van der Waals surface area contributed by atoms with Crippen LogP contribution in [0.25, 0.3) is 0 Å². The lowest BCUT2D eigenvalue weighted by Crippen LogP contribution is -2.28. The number of carbonyl (C=O) groups is 2. The summed E-state index contributed by atoms with van der Waals surface area (Å²) in [4.78, 5) is 28.1. The number of anilines is 1. The van der Waals surface area contributed by atoms with E-state index in [4.69, 9.17) is 4.42 Å². The van der Waals surface area contributed by atoms with Gasteiger partial charge in [0.25, 0.3) is 5.91 Å². The van der Waals surface area contributed by atoms with E-state index < -0.39 is 0 Å². The van der Waals surface area contributed by atoms with Crippen LogP contribution in [0, 0.1) is 6.92 Å². The first-order valence-electron chi connectivity index (χ1n) is 7.31. The number of rotatable bonds is 8. The number of nitrogens with zero attached hydrogens (tertiary/aromatic N) is 1. The van der Waals surface area contributed by atoms with Crippen LogP contribution in [0.3, 0.4) is 0 Å². The fourth-order valence-corrected chi connectivity index (χ4v) is 2.66. The van der Waals surface area contributed by atoms with E-state index in [1.165, 1.54) is 17.6 Å². The fourth-order valence-electron chi connectivity index (χ4n) is 1.95. The van der Waals surface area contributed by atoms with Crippen molar-refractivity contribution in [2.45, 2.75) is 19.8 Å². The van der Waals surface area contributed by atoms with Crippen molar-refractivity contribution >= 4 is 53.1 Å². The van der Waals surface area contributed by atoms with Gasteiger partial charge in [-0.15, -0.1) is 36.2 Å². The lowest BCUT2D eigenvalue weighted by atomic mass is 10.2. The summed E-state index contributed by atoms with van der Waals surface area (Å²) in [5.74, 6) is 0.212. The van der Waals surface area contributed by atoms with E-state index in [1.807, 2.05) is 7.05 Å². The minimum Gasteiger partial charge on any atom is -0.469 e. The third-order valence-corrected chi connectivity index (χ3v) is 3.95. The molecule has 0 atom stereocenters. The maximum absolute atomic E-state index is 12.0. The highest BCUT2D eigenvalue weighted by Gasteiger charge is 2.14. The Morgan fingerprint density at radius 1 is 1.28 bits per heavy atom. The molecule has 0 aliphatic rings. The quantitative estimate of drug-likeness (QED) is 0.582. The lowest BCUT2D eigenvalue weighted by molar-refractivity contribution is -0.120. The molecule has 10 heteroatoms. The zero-order chi connectivity index (χ0) is 16.7. The molecule has 2 heterocycles. The van der Waals surface area contributed by atoms with E-state index in [2.05, 4.69) is 20.9 Å². The molecule has 0 fully saturated rings. The third-order valence-electron chi connectivity index (χ3n) is 3.14. The van der Waals surface area contributed by atoms with E-state index in [1.54, 1.807) is 18.4 Å². The van der Waals surface area contributed by atoms with Gasteiger partial charge in [-0.05, 0) is 33.0 Å². The SMILES string of the molecule is CNCCCNC(=O)Cc1csc(NC(=O)c2ccoc2C)n1.Cl.Cl. The second kappa shape index (κ2) is 11.9. The Bertz CT molecular complexity index is 675. The first kappa shape index (κ1) is 23.4. The van der Waals surface area contributed by atoms with Gasteiger partial charge in [0.1, 0.15) is 5.76 Å². The van der Waals surface area contributed by atoms with Gasteiger partial charge in [-0.25, -0.2) is 4.98 Å². The molecule has 0 aliphatic carbocycles. The van der Waals surface area contributed by atoms with Gasteiger partial charge >= 0.3 is 0 Å². The van der Waals surface area contributed by atoms with E-state index in [0.717, 1.165) is 13.0 Å². The van der Waals surface area contributed by atoms with Gasteiger partial charge in [-0.2, -0.15) is 0 Å². The Morgan fingerprint density at radius 2 is 2.04 bits per heavy atom. The number of halogens is 2. The Hall–Kier alpha value is -1.61. The molecule has 3 N–H and O–H groups in total. The van der Waals surface area contributed by atoms with Crippen molar-refractivity contribution in [3.8, 4) is 0 Å². The van der Waals surface area contributed by atoms with Gasteiger partial charge in [0.05, 0.1) is 23.9 Å². The van der Waals surface area contributed by atoms with Gasteiger partial charge in [0.15, 0.2) is 5.13 Å². The zero-order valence-corrected chi connectivity index (χ0v) is 16.4. The molecule has 0 unspecified atom stereocenters. The van der Waals surface area contributed by atoms with Crippen molar-refractivity contribution in [1.82, 2.24) is 15.6 Å². The molecule has 0 aliphatic heterocycles. The molecule has 0 aromatic carbocycles. The summed E-state index contributed by atoms with van der Waals surface area (Å²) < 4.78 is 5.10. The Labute approximate surface area is 162 Å². The second-order valence-corrected chi connectivity index (χ2v) is 5.83. The molecule has 25 heavy (non-hydrogen) atoms. The Morgan fingerprint density at radius 3 is 2.68 bits per heavy atom. The van der Waals surface area contributed by atoms with Crippen LogP contribution in [0.5, 0.6) is 0 Å². The number of amides is 2. The fraction of sp³-hybridized carbons (Fsp3) is 0.400. The summed E-state index contributed by atoms with van der Waals surface area (Å²) in [5.41, 5.74) is 1.12. The normalized spacial score (nSPS) is 9.68. The molecule has 0 spiro atoms. The van der Waals surface area contributed by atoms with E-state index in [9.17, 15) is 9.59 Å². The summed E-state index contributed by atoms with van der Waals surface area (Å²) in [7, 11) is 1.87. The van der Waals surface area contributed by atoms with Crippen molar-refractivity contribution in [1.29, 1.82) is 0 Å². The smallest absolute Gasteiger partial charge is 0.260 e. The maximum atomic E-state index is 12.0. The van der Waals surface area contributed by atoms with Crippen LogP contribution in [0.2, 0.25) is 0 Å². The first-order valence-corrected chi connectivity index (χ1v) is 8.19.